The van der Waals surface area contributed by atoms with Crippen LogP contribution in [0.2, 0.25) is 0 Å². The van der Waals surface area contributed by atoms with Crippen LogP contribution < -0.4 is 5.73 Å². The van der Waals surface area contributed by atoms with Crippen molar-refractivity contribution in [1.29, 1.82) is 0 Å². The number of pyridine rings is 1. The first kappa shape index (κ1) is 12.1. The van der Waals surface area contributed by atoms with E-state index in [0.717, 1.165) is 17.0 Å². The Balaban J connectivity index is 2.04. The molecule has 0 spiro atoms. The Kier molecular flexibility index (Phi) is 3.15. The summed E-state index contributed by atoms with van der Waals surface area (Å²) in [6, 6.07) is 5.85. The first-order valence-corrected chi connectivity index (χ1v) is 6.80. The molecule has 2 heterocycles. The van der Waals surface area contributed by atoms with Gasteiger partial charge >= 0.3 is 0 Å². The average Bonchev–Trinajstić information content (AvgIpc) is 2.92. The van der Waals surface area contributed by atoms with E-state index in [1.54, 1.807) is 6.20 Å². The highest BCUT2D eigenvalue weighted by Gasteiger charge is 2.20. The van der Waals surface area contributed by atoms with Crippen LogP contribution in [0, 0.1) is 6.92 Å². The first-order chi connectivity index (χ1) is 9.24. The molecular weight excluding hydrogens is 236 g/mol. The third-order valence-corrected chi connectivity index (χ3v) is 3.76. The van der Waals surface area contributed by atoms with Gasteiger partial charge in [0, 0.05) is 23.9 Å². The molecule has 1 saturated carbocycles. The number of anilines is 1. The van der Waals surface area contributed by atoms with Crippen LogP contribution in [0.4, 0.5) is 5.82 Å². The third-order valence-electron chi connectivity index (χ3n) is 3.76. The van der Waals surface area contributed by atoms with E-state index in [0.29, 0.717) is 17.6 Å². The SMILES string of the molecule is Cc1cccnc1-c1nc(N)cc(C2CCCC2)n1. The minimum atomic E-state index is 0.535. The summed E-state index contributed by atoms with van der Waals surface area (Å²) in [5, 5.41) is 0. The van der Waals surface area contributed by atoms with E-state index in [2.05, 4.69) is 9.97 Å². The first-order valence-electron chi connectivity index (χ1n) is 6.80. The van der Waals surface area contributed by atoms with Crippen molar-refractivity contribution in [2.45, 2.75) is 38.5 Å². The second kappa shape index (κ2) is 4.96. The number of aryl methyl sites for hydroxylation is 1. The van der Waals surface area contributed by atoms with Gasteiger partial charge in [0.05, 0.1) is 0 Å². The van der Waals surface area contributed by atoms with Gasteiger partial charge in [0.15, 0.2) is 5.82 Å². The van der Waals surface area contributed by atoms with Gasteiger partial charge < -0.3 is 5.73 Å². The number of rotatable bonds is 2. The standard InChI is InChI=1S/C15H18N4/c1-10-5-4-8-17-14(10)15-18-12(9-13(16)19-15)11-6-2-3-7-11/h4-5,8-9,11H,2-3,6-7H2,1H3,(H2,16,18,19). The van der Waals surface area contributed by atoms with Crippen LogP contribution in [0.3, 0.4) is 0 Å². The highest BCUT2D eigenvalue weighted by atomic mass is 15.0. The zero-order chi connectivity index (χ0) is 13.2. The Morgan fingerprint density at radius 1 is 1.21 bits per heavy atom. The van der Waals surface area contributed by atoms with Crippen molar-refractivity contribution < 1.29 is 0 Å². The summed E-state index contributed by atoms with van der Waals surface area (Å²) in [6.07, 6.45) is 6.75. The lowest BCUT2D eigenvalue weighted by atomic mass is 10.0. The van der Waals surface area contributed by atoms with Gasteiger partial charge in [-0.3, -0.25) is 4.98 Å². The van der Waals surface area contributed by atoms with E-state index >= 15 is 0 Å². The van der Waals surface area contributed by atoms with Crippen LogP contribution in [0.25, 0.3) is 11.5 Å². The summed E-state index contributed by atoms with van der Waals surface area (Å²) >= 11 is 0. The molecule has 0 bridgehead atoms. The van der Waals surface area contributed by atoms with Crippen LogP contribution >= 0.6 is 0 Å². The zero-order valence-electron chi connectivity index (χ0n) is 11.1. The number of nitrogen functional groups attached to an aromatic ring is 1. The van der Waals surface area contributed by atoms with Crippen LogP contribution in [-0.4, -0.2) is 15.0 Å². The largest absolute Gasteiger partial charge is 0.384 e. The van der Waals surface area contributed by atoms with Crippen molar-refractivity contribution in [2.75, 3.05) is 5.73 Å². The normalized spacial score (nSPS) is 15.8. The van der Waals surface area contributed by atoms with Gasteiger partial charge in [0.2, 0.25) is 0 Å². The maximum Gasteiger partial charge on any atom is 0.180 e. The van der Waals surface area contributed by atoms with E-state index in [9.17, 15) is 0 Å². The molecule has 0 amide bonds. The molecule has 0 aromatic carbocycles. The lowest BCUT2D eigenvalue weighted by Crippen LogP contribution is -2.04. The monoisotopic (exact) mass is 254 g/mol. The topological polar surface area (TPSA) is 64.7 Å². The molecule has 1 aliphatic rings. The van der Waals surface area contributed by atoms with Crippen molar-refractivity contribution in [3.8, 4) is 11.5 Å². The fourth-order valence-corrected chi connectivity index (χ4v) is 2.74. The van der Waals surface area contributed by atoms with Crippen LogP contribution in [0.5, 0.6) is 0 Å². The molecule has 0 radical (unpaired) electrons. The second-order valence-corrected chi connectivity index (χ2v) is 5.19. The van der Waals surface area contributed by atoms with Gasteiger partial charge in [0.25, 0.3) is 0 Å². The predicted octanol–water partition coefficient (Wildman–Crippen LogP) is 3.09. The molecule has 19 heavy (non-hydrogen) atoms. The summed E-state index contributed by atoms with van der Waals surface area (Å²) in [7, 11) is 0. The van der Waals surface area contributed by atoms with Gasteiger partial charge in [-0.15, -0.1) is 0 Å². The van der Waals surface area contributed by atoms with E-state index < -0.39 is 0 Å². The summed E-state index contributed by atoms with van der Waals surface area (Å²) in [6.45, 7) is 2.02. The Bertz CT molecular complexity index is 588. The summed E-state index contributed by atoms with van der Waals surface area (Å²) in [4.78, 5) is 13.4. The molecule has 0 saturated heterocycles. The zero-order valence-corrected chi connectivity index (χ0v) is 11.1. The molecule has 1 fully saturated rings. The van der Waals surface area contributed by atoms with Gasteiger partial charge in [-0.05, 0) is 31.4 Å². The molecule has 98 valence electrons. The third kappa shape index (κ3) is 2.43. The van der Waals surface area contributed by atoms with E-state index in [-0.39, 0.29) is 0 Å². The average molecular weight is 254 g/mol. The number of nitrogens with two attached hydrogens (primary N) is 1. The van der Waals surface area contributed by atoms with Gasteiger partial charge in [0.1, 0.15) is 11.5 Å². The van der Waals surface area contributed by atoms with Crippen molar-refractivity contribution in [3.63, 3.8) is 0 Å². The van der Waals surface area contributed by atoms with Gasteiger partial charge in [-0.1, -0.05) is 18.9 Å². The Labute approximate surface area is 113 Å². The molecule has 1 aliphatic carbocycles. The smallest absolute Gasteiger partial charge is 0.180 e. The summed E-state index contributed by atoms with van der Waals surface area (Å²) in [5.41, 5.74) is 8.91. The van der Waals surface area contributed by atoms with E-state index in [1.807, 2.05) is 25.1 Å². The minimum absolute atomic E-state index is 0.535. The Hall–Kier alpha value is -1.97. The molecule has 0 aliphatic heterocycles. The lowest BCUT2D eigenvalue weighted by Gasteiger charge is -2.11. The summed E-state index contributed by atoms with van der Waals surface area (Å²) in [5.74, 6) is 1.73. The fourth-order valence-electron chi connectivity index (χ4n) is 2.74. The number of hydrogen-bond acceptors (Lipinski definition) is 4. The molecule has 2 N–H and O–H groups in total. The summed E-state index contributed by atoms with van der Waals surface area (Å²) < 4.78 is 0. The molecule has 0 atom stereocenters. The lowest BCUT2D eigenvalue weighted by molar-refractivity contribution is 0.695. The van der Waals surface area contributed by atoms with Crippen molar-refractivity contribution in [3.05, 3.63) is 35.7 Å². The fraction of sp³-hybridized carbons (Fsp3) is 0.400. The molecule has 2 aromatic rings. The highest BCUT2D eigenvalue weighted by molar-refractivity contribution is 5.56. The van der Waals surface area contributed by atoms with Crippen LogP contribution in [0.15, 0.2) is 24.4 Å². The highest BCUT2D eigenvalue weighted by Crippen LogP contribution is 2.34. The number of hydrogen-bond donors (Lipinski definition) is 1. The van der Waals surface area contributed by atoms with Gasteiger partial charge in [-0.25, -0.2) is 9.97 Å². The van der Waals surface area contributed by atoms with Crippen LogP contribution in [-0.2, 0) is 0 Å². The predicted molar refractivity (Wildman–Crippen MR) is 75.6 cm³/mol. The molecule has 0 unspecified atom stereocenters. The quantitative estimate of drug-likeness (QED) is 0.894. The molecular formula is C15H18N4. The second-order valence-electron chi connectivity index (χ2n) is 5.19. The number of nitrogens with zero attached hydrogens (tertiary/aromatic N) is 3. The van der Waals surface area contributed by atoms with Crippen LogP contribution in [0.1, 0.15) is 42.9 Å². The molecule has 4 heteroatoms. The molecule has 4 nitrogen and oxygen atoms in total. The minimum Gasteiger partial charge on any atom is -0.384 e. The maximum absolute atomic E-state index is 5.94. The van der Waals surface area contributed by atoms with Crippen molar-refractivity contribution >= 4 is 5.82 Å². The Morgan fingerprint density at radius 2 is 2.00 bits per heavy atom. The van der Waals surface area contributed by atoms with E-state index in [4.69, 9.17) is 10.7 Å². The molecule has 2 aromatic heterocycles. The maximum atomic E-state index is 5.94. The molecule has 3 rings (SSSR count). The van der Waals surface area contributed by atoms with E-state index in [1.165, 1.54) is 25.7 Å². The van der Waals surface area contributed by atoms with Crippen molar-refractivity contribution in [1.82, 2.24) is 15.0 Å². The van der Waals surface area contributed by atoms with Crippen molar-refractivity contribution in [2.24, 2.45) is 0 Å². The van der Waals surface area contributed by atoms with Gasteiger partial charge in [-0.2, -0.15) is 0 Å². The Morgan fingerprint density at radius 3 is 2.74 bits per heavy atom. The number of aromatic nitrogens is 3.